The maximum atomic E-state index is 13.3. The van der Waals surface area contributed by atoms with Gasteiger partial charge in [0.2, 0.25) is 27.8 Å². The third-order valence-corrected chi connectivity index (χ3v) is 10.7. The van der Waals surface area contributed by atoms with Crippen LogP contribution in [0.25, 0.3) is 16.8 Å². The van der Waals surface area contributed by atoms with E-state index in [1.165, 1.54) is 0 Å². The quantitative estimate of drug-likeness (QED) is 0.116. The Labute approximate surface area is 328 Å². The van der Waals surface area contributed by atoms with Gasteiger partial charge in [0.25, 0.3) is 11.8 Å². The number of pyridine rings is 1. The Bertz CT molecular complexity index is 2480. The molecule has 3 N–H and O–H groups in total. The molecule has 2 fully saturated rings. The highest BCUT2D eigenvalue weighted by atomic mass is 32.2. The second-order valence-electron chi connectivity index (χ2n) is 14.1. The van der Waals surface area contributed by atoms with Crippen molar-refractivity contribution in [1.29, 1.82) is 0 Å². The summed E-state index contributed by atoms with van der Waals surface area (Å²) in [6, 6.07) is 18.7. The maximum Gasteiger partial charge on any atom is 0.266 e. The van der Waals surface area contributed by atoms with Gasteiger partial charge in [0.1, 0.15) is 17.6 Å². The molecule has 17 nitrogen and oxygen atoms in total. The van der Waals surface area contributed by atoms with Crippen LogP contribution in [0.15, 0.2) is 79.1 Å². The molecular weight excluding hydrogens is 753 g/mol. The topological polar surface area (TPSA) is 201 Å². The van der Waals surface area contributed by atoms with E-state index < -0.39 is 39.7 Å². The monoisotopic (exact) mass is 792 g/mol. The Morgan fingerprint density at radius 2 is 1.70 bits per heavy atom. The van der Waals surface area contributed by atoms with Crippen LogP contribution in [-0.2, 0) is 19.6 Å². The van der Waals surface area contributed by atoms with Crippen molar-refractivity contribution >= 4 is 62.3 Å². The van der Waals surface area contributed by atoms with Crippen LogP contribution in [0.4, 0.5) is 23.1 Å². The molecule has 3 aliphatic rings. The normalized spacial score (nSPS) is 17.5. The molecule has 2 aromatic carbocycles. The Kier molecular flexibility index (Phi) is 10.3. The van der Waals surface area contributed by atoms with Crippen molar-refractivity contribution < 1.29 is 32.3 Å². The average molecular weight is 793 g/mol. The number of nitrogens with one attached hydrogen (secondary N) is 3. The third-order valence-electron chi connectivity index (χ3n) is 10.1. The number of sulfonamides is 1. The zero-order valence-corrected chi connectivity index (χ0v) is 31.9. The molecule has 294 valence electrons. The minimum Gasteiger partial charge on any atom is -0.493 e. The molecule has 0 bridgehead atoms. The molecule has 3 aliphatic heterocycles. The highest BCUT2D eigenvalue weighted by molar-refractivity contribution is 7.92. The van der Waals surface area contributed by atoms with Gasteiger partial charge in [-0.1, -0.05) is 18.2 Å². The lowest BCUT2D eigenvalue weighted by Crippen LogP contribution is -2.54. The van der Waals surface area contributed by atoms with Crippen LogP contribution in [0, 0.1) is 0 Å². The van der Waals surface area contributed by atoms with E-state index in [4.69, 9.17) is 9.72 Å². The molecule has 0 radical (unpaired) electrons. The summed E-state index contributed by atoms with van der Waals surface area (Å²) in [7, 11) is -3.42. The summed E-state index contributed by atoms with van der Waals surface area (Å²) in [5.74, 6) is -0.624. The predicted molar refractivity (Wildman–Crippen MR) is 211 cm³/mol. The summed E-state index contributed by atoms with van der Waals surface area (Å²) in [5, 5.41) is 10.1. The molecule has 0 spiro atoms. The Hall–Kier alpha value is -6.40. The molecule has 1 unspecified atom stereocenters. The molecule has 4 amide bonds. The highest BCUT2D eigenvalue weighted by Crippen LogP contribution is 2.34. The van der Waals surface area contributed by atoms with Crippen LogP contribution in [0.3, 0.4) is 0 Å². The Morgan fingerprint density at radius 1 is 0.877 bits per heavy atom. The van der Waals surface area contributed by atoms with Crippen molar-refractivity contribution in [2.24, 2.45) is 0 Å². The maximum absolute atomic E-state index is 13.3. The van der Waals surface area contributed by atoms with E-state index in [-0.39, 0.29) is 24.0 Å². The Balaban J connectivity index is 0.797. The van der Waals surface area contributed by atoms with Gasteiger partial charge in [0.05, 0.1) is 53.3 Å². The van der Waals surface area contributed by atoms with Crippen molar-refractivity contribution in [3.63, 3.8) is 0 Å². The number of hydrogen-bond acceptors (Lipinski definition) is 13. The fraction of sp³-hybridized carbons (Fsp3) is 0.308. The zero-order valence-electron chi connectivity index (χ0n) is 31.1. The minimum atomic E-state index is -3.42. The second kappa shape index (κ2) is 15.6. The smallest absolute Gasteiger partial charge is 0.266 e. The number of benzene rings is 2. The van der Waals surface area contributed by atoms with Crippen LogP contribution < -0.4 is 25.0 Å². The van der Waals surface area contributed by atoms with E-state index in [9.17, 15) is 27.6 Å². The molecule has 6 heterocycles. The van der Waals surface area contributed by atoms with Gasteiger partial charge >= 0.3 is 0 Å². The number of imide groups is 2. The molecule has 0 aliphatic carbocycles. The Morgan fingerprint density at radius 3 is 2.47 bits per heavy atom. The first kappa shape index (κ1) is 37.5. The SMILES string of the molecule is CS(=O)(=O)Nc1cccc(-c2ccc3cnc(Nc4ccc(N5CCN(CCCCOc6cccc7c6C(=O)N(C6CCC(=O)NC6=O)C7=O)CC5)nc4)nn23)c1. The summed E-state index contributed by atoms with van der Waals surface area (Å²) >= 11 is 0. The summed E-state index contributed by atoms with van der Waals surface area (Å²) in [4.78, 5) is 65.1. The lowest BCUT2D eigenvalue weighted by molar-refractivity contribution is -0.136. The van der Waals surface area contributed by atoms with Crippen LogP contribution in [0.2, 0.25) is 0 Å². The molecule has 5 aromatic rings. The van der Waals surface area contributed by atoms with Crippen molar-refractivity contribution in [2.75, 3.05) is 60.5 Å². The summed E-state index contributed by atoms with van der Waals surface area (Å²) in [5.41, 5.74) is 3.91. The van der Waals surface area contributed by atoms with Gasteiger partial charge in [-0.05, 0) is 74.3 Å². The molecule has 3 aromatic heterocycles. The molecule has 18 heteroatoms. The number of carbonyl (C=O) groups excluding carboxylic acids is 4. The third kappa shape index (κ3) is 8.13. The first-order chi connectivity index (χ1) is 27.5. The van der Waals surface area contributed by atoms with Gasteiger partial charge in [0.15, 0.2) is 0 Å². The average Bonchev–Trinajstić information content (AvgIpc) is 3.72. The summed E-state index contributed by atoms with van der Waals surface area (Å²) < 4.78 is 33.7. The number of aromatic nitrogens is 4. The number of rotatable bonds is 13. The second-order valence-corrected chi connectivity index (χ2v) is 15.9. The number of ether oxygens (including phenoxy) is 1. The number of carbonyl (C=O) groups is 4. The molecule has 57 heavy (non-hydrogen) atoms. The fourth-order valence-electron chi connectivity index (χ4n) is 7.33. The largest absolute Gasteiger partial charge is 0.493 e. The lowest BCUT2D eigenvalue weighted by Gasteiger charge is -2.35. The number of nitrogens with zero attached hydrogens (tertiary/aromatic N) is 7. The van der Waals surface area contributed by atoms with E-state index >= 15 is 0 Å². The van der Waals surface area contributed by atoms with Gasteiger partial charge < -0.3 is 15.0 Å². The standard InChI is InChI=1S/C39H40N10O7S/c1-57(54,55)45-26-7-4-6-25(22-26)30-12-11-28-24-41-39(44-49(28)30)42-27-10-14-33(40-23-27)47-19-17-46(18-20-47)16-2-3-21-56-32-9-5-8-29-35(32)38(53)48(37(29)52)31-13-15-34(50)43-36(31)51/h4-12,14,22-24,31,45H,2-3,13,15-21H2,1H3,(H,42,44)(H,43,50,51). The van der Waals surface area contributed by atoms with Gasteiger partial charge in [-0.15, -0.1) is 5.10 Å². The first-order valence-electron chi connectivity index (χ1n) is 18.6. The van der Waals surface area contributed by atoms with Gasteiger partial charge in [-0.3, -0.25) is 39.0 Å². The van der Waals surface area contributed by atoms with E-state index in [1.54, 1.807) is 53.3 Å². The van der Waals surface area contributed by atoms with Gasteiger partial charge in [0, 0.05) is 43.9 Å². The van der Waals surface area contributed by atoms with Crippen molar-refractivity contribution in [2.45, 2.75) is 31.7 Å². The van der Waals surface area contributed by atoms with E-state index in [2.05, 4.69) is 35.2 Å². The van der Waals surface area contributed by atoms with Gasteiger partial charge in [-0.25, -0.2) is 22.9 Å². The van der Waals surface area contributed by atoms with E-state index in [0.717, 1.165) is 85.0 Å². The molecule has 0 saturated carbocycles. The molecule has 2 saturated heterocycles. The number of piperazine rings is 1. The lowest BCUT2D eigenvalue weighted by atomic mass is 10.0. The highest BCUT2D eigenvalue weighted by Gasteiger charge is 2.46. The minimum absolute atomic E-state index is 0.0619. The number of unbranched alkanes of at least 4 members (excludes halogenated alkanes) is 1. The first-order valence-corrected chi connectivity index (χ1v) is 20.5. The zero-order chi connectivity index (χ0) is 39.7. The molecule has 8 rings (SSSR count). The molecular formula is C39H40N10O7S. The summed E-state index contributed by atoms with van der Waals surface area (Å²) in [6.45, 7) is 4.65. The number of anilines is 4. The molecule has 1 atom stereocenters. The van der Waals surface area contributed by atoms with E-state index in [0.29, 0.717) is 24.0 Å². The van der Waals surface area contributed by atoms with E-state index in [1.807, 2.05) is 30.3 Å². The number of fused-ring (bicyclic) bond motifs is 2. The number of piperidine rings is 1. The van der Waals surface area contributed by atoms with Crippen LogP contribution in [0.5, 0.6) is 5.75 Å². The van der Waals surface area contributed by atoms with Crippen LogP contribution in [-0.4, -0.2) is 113 Å². The van der Waals surface area contributed by atoms with Crippen molar-refractivity contribution in [1.82, 2.24) is 34.7 Å². The fourth-order valence-corrected chi connectivity index (χ4v) is 7.89. The predicted octanol–water partition coefficient (Wildman–Crippen LogP) is 3.29. The van der Waals surface area contributed by atoms with Crippen molar-refractivity contribution in [3.05, 3.63) is 90.3 Å². The number of amides is 4. The summed E-state index contributed by atoms with van der Waals surface area (Å²) in [6.07, 6.45) is 6.37. The number of hydrogen-bond donors (Lipinski definition) is 3. The van der Waals surface area contributed by atoms with Gasteiger partial charge in [-0.2, -0.15) is 0 Å². The van der Waals surface area contributed by atoms with Crippen molar-refractivity contribution in [3.8, 4) is 17.0 Å². The van der Waals surface area contributed by atoms with Crippen LogP contribution in [0.1, 0.15) is 46.4 Å². The van der Waals surface area contributed by atoms with Crippen LogP contribution >= 0.6 is 0 Å².